The van der Waals surface area contributed by atoms with Crippen LogP contribution >= 0.6 is 0 Å². The number of anilines is 2. The summed E-state index contributed by atoms with van der Waals surface area (Å²) >= 11 is 0. The van der Waals surface area contributed by atoms with Crippen LogP contribution in [0.25, 0.3) is 0 Å². The minimum absolute atomic E-state index is 0.0533. The van der Waals surface area contributed by atoms with E-state index >= 15 is 0 Å². The average Bonchev–Trinajstić information content (AvgIpc) is 2.57. The topological polar surface area (TPSA) is 61.8 Å². The monoisotopic (exact) mass is 231 g/mol. The van der Waals surface area contributed by atoms with E-state index in [0.29, 0.717) is 17.8 Å². The lowest BCUT2D eigenvalue weighted by molar-refractivity contribution is -0.117. The largest absolute Gasteiger partial charge is 0.326 e. The minimum Gasteiger partial charge on any atom is -0.326 e. The fourth-order valence-corrected chi connectivity index (χ4v) is 1.68. The highest BCUT2D eigenvalue weighted by Gasteiger charge is 2.22. The van der Waals surface area contributed by atoms with E-state index in [1.165, 1.54) is 11.9 Å². The van der Waals surface area contributed by atoms with Crippen LogP contribution in [0.15, 0.2) is 29.4 Å². The van der Waals surface area contributed by atoms with Crippen molar-refractivity contribution in [1.82, 2.24) is 0 Å². The zero-order valence-corrected chi connectivity index (χ0v) is 9.73. The summed E-state index contributed by atoms with van der Waals surface area (Å²) in [5.74, 6) is -0.197. The molecule has 5 heteroatoms. The van der Waals surface area contributed by atoms with Gasteiger partial charge in [-0.25, -0.2) is 5.01 Å². The molecule has 0 aromatic heterocycles. The Labute approximate surface area is 99.1 Å². The third kappa shape index (κ3) is 2.50. The van der Waals surface area contributed by atoms with Crippen molar-refractivity contribution in [2.24, 2.45) is 5.10 Å². The van der Waals surface area contributed by atoms with E-state index in [4.69, 9.17) is 0 Å². The molecule has 0 aliphatic carbocycles. The van der Waals surface area contributed by atoms with Crippen LogP contribution in [0.1, 0.15) is 20.3 Å². The Morgan fingerprint density at radius 2 is 2.24 bits per heavy atom. The molecule has 1 heterocycles. The molecule has 5 nitrogen and oxygen atoms in total. The van der Waals surface area contributed by atoms with Gasteiger partial charge in [0.2, 0.25) is 5.91 Å². The van der Waals surface area contributed by atoms with Crippen molar-refractivity contribution in [3.05, 3.63) is 24.3 Å². The van der Waals surface area contributed by atoms with Crippen molar-refractivity contribution in [1.29, 1.82) is 0 Å². The number of hydrogen-bond acceptors (Lipinski definition) is 3. The predicted molar refractivity (Wildman–Crippen MR) is 66.0 cm³/mol. The van der Waals surface area contributed by atoms with Crippen LogP contribution in [-0.2, 0) is 9.59 Å². The maximum Gasteiger partial charge on any atom is 0.253 e. The third-order valence-electron chi connectivity index (χ3n) is 2.33. The van der Waals surface area contributed by atoms with Gasteiger partial charge in [-0.15, -0.1) is 0 Å². The highest BCUT2D eigenvalue weighted by Crippen LogP contribution is 2.23. The van der Waals surface area contributed by atoms with Crippen LogP contribution in [0.5, 0.6) is 0 Å². The van der Waals surface area contributed by atoms with Gasteiger partial charge in [0.15, 0.2) is 0 Å². The number of rotatable bonds is 2. The van der Waals surface area contributed by atoms with E-state index in [2.05, 4.69) is 10.4 Å². The first-order valence-electron chi connectivity index (χ1n) is 5.31. The van der Waals surface area contributed by atoms with Crippen LogP contribution in [-0.4, -0.2) is 17.5 Å². The highest BCUT2D eigenvalue weighted by molar-refractivity contribution is 6.12. The Kier molecular flexibility index (Phi) is 2.91. The minimum atomic E-state index is -0.144. The van der Waals surface area contributed by atoms with Crippen molar-refractivity contribution in [2.75, 3.05) is 10.3 Å². The number of carbonyl (C=O) groups excluding carboxylic acids is 2. The van der Waals surface area contributed by atoms with E-state index < -0.39 is 0 Å². The molecule has 88 valence electrons. The first-order chi connectivity index (χ1) is 8.06. The van der Waals surface area contributed by atoms with E-state index in [-0.39, 0.29) is 11.8 Å². The fraction of sp³-hybridized carbons (Fsp3) is 0.250. The molecule has 2 amide bonds. The second kappa shape index (κ2) is 4.37. The standard InChI is InChI=1S/C12H13N3O2/c1-8-6-12(17)15(14-8)11-5-3-4-10(7-11)13-9(2)16/h3-5,7H,6H2,1-2H3,(H,13,16). The summed E-state index contributed by atoms with van der Waals surface area (Å²) in [6.45, 7) is 3.26. The number of nitrogens with zero attached hydrogens (tertiary/aromatic N) is 2. The summed E-state index contributed by atoms with van der Waals surface area (Å²) < 4.78 is 0. The molecule has 0 saturated heterocycles. The Morgan fingerprint density at radius 1 is 1.47 bits per heavy atom. The fourth-order valence-electron chi connectivity index (χ4n) is 1.68. The molecule has 0 spiro atoms. The lowest BCUT2D eigenvalue weighted by atomic mass is 10.2. The molecule has 1 aromatic rings. The first kappa shape index (κ1) is 11.3. The molecule has 2 rings (SSSR count). The summed E-state index contributed by atoms with van der Waals surface area (Å²) in [4.78, 5) is 22.6. The SMILES string of the molecule is CC(=O)Nc1cccc(N2N=C(C)CC2=O)c1. The zero-order valence-electron chi connectivity index (χ0n) is 9.73. The highest BCUT2D eigenvalue weighted by atomic mass is 16.2. The van der Waals surface area contributed by atoms with Crippen LogP contribution in [0.2, 0.25) is 0 Å². The number of carbonyl (C=O) groups is 2. The molecule has 0 radical (unpaired) electrons. The zero-order chi connectivity index (χ0) is 12.4. The second-order valence-corrected chi connectivity index (χ2v) is 3.95. The van der Waals surface area contributed by atoms with Gasteiger partial charge in [-0.05, 0) is 25.1 Å². The second-order valence-electron chi connectivity index (χ2n) is 3.95. The number of nitrogens with one attached hydrogen (secondary N) is 1. The van der Waals surface area contributed by atoms with E-state index in [0.717, 1.165) is 5.71 Å². The maximum absolute atomic E-state index is 11.6. The molecule has 0 unspecified atom stereocenters. The lowest BCUT2D eigenvalue weighted by Crippen LogP contribution is -2.19. The molecule has 1 N–H and O–H groups in total. The van der Waals surface area contributed by atoms with E-state index in [1.54, 1.807) is 24.3 Å². The van der Waals surface area contributed by atoms with Gasteiger partial charge in [-0.2, -0.15) is 5.10 Å². The normalized spacial score (nSPS) is 14.8. The smallest absolute Gasteiger partial charge is 0.253 e. The van der Waals surface area contributed by atoms with Crippen molar-refractivity contribution in [3.63, 3.8) is 0 Å². The number of hydrazone groups is 1. The van der Waals surface area contributed by atoms with Gasteiger partial charge < -0.3 is 5.32 Å². The molecule has 1 aromatic carbocycles. The lowest BCUT2D eigenvalue weighted by Gasteiger charge is -2.13. The van der Waals surface area contributed by atoms with Crippen LogP contribution in [0, 0.1) is 0 Å². The maximum atomic E-state index is 11.6. The Bertz CT molecular complexity index is 508. The Hall–Kier alpha value is -2.17. The molecule has 0 bridgehead atoms. The molecule has 1 aliphatic rings. The van der Waals surface area contributed by atoms with Gasteiger partial charge in [0.05, 0.1) is 12.1 Å². The van der Waals surface area contributed by atoms with E-state index in [9.17, 15) is 9.59 Å². The van der Waals surface area contributed by atoms with Crippen LogP contribution in [0.4, 0.5) is 11.4 Å². The van der Waals surface area contributed by atoms with Gasteiger partial charge in [0.25, 0.3) is 5.91 Å². The molecule has 1 aliphatic heterocycles. The molecule has 0 atom stereocenters. The molecule has 0 fully saturated rings. The van der Waals surface area contributed by atoms with Gasteiger partial charge in [-0.3, -0.25) is 9.59 Å². The summed E-state index contributed by atoms with van der Waals surface area (Å²) in [6.07, 6.45) is 0.352. The third-order valence-corrected chi connectivity index (χ3v) is 2.33. The van der Waals surface area contributed by atoms with E-state index in [1.807, 2.05) is 6.92 Å². The van der Waals surface area contributed by atoms with Gasteiger partial charge in [-0.1, -0.05) is 6.07 Å². The first-order valence-corrected chi connectivity index (χ1v) is 5.31. The summed E-state index contributed by atoms with van der Waals surface area (Å²) in [6, 6.07) is 7.05. The molecular formula is C12H13N3O2. The van der Waals surface area contributed by atoms with Gasteiger partial charge in [0.1, 0.15) is 0 Å². The quantitative estimate of drug-likeness (QED) is 0.843. The number of amides is 2. The van der Waals surface area contributed by atoms with Crippen molar-refractivity contribution >= 4 is 28.9 Å². The number of hydrogen-bond donors (Lipinski definition) is 1. The van der Waals surface area contributed by atoms with Gasteiger partial charge in [0, 0.05) is 18.3 Å². The Balaban J connectivity index is 2.27. The average molecular weight is 231 g/mol. The summed E-state index contributed by atoms with van der Waals surface area (Å²) in [5, 5.41) is 8.18. The van der Waals surface area contributed by atoms with Crippen LogP contribution < -0.4 is 10.3 Å². The predicted octanol–water partition coefficient (Wildman–Crippen LogP) is 1.76. The van der Waals surface area contributed by atoms with Gasteiger partial charge >= 0.3 is 0 Å². The summed E-state index contributed by atoms with van der Waals surface area (Å²) in [5.41, 5.74) is 2.11. The van der Waals surface area contributed by atoms with Crippen molar-refractivity contribution < 1.29 is 9.59 Å². The summed E-state index contributed by atoms with van der Waals surface area (Å²) in [7, 11) is 0. The van der Waals surface area contributed by atoms with Crippen LogP contribution in [0.3, 0.4) is 0 Å². The molecule has 0 saturated carbocycles. The van der Waals surface area contributed by atoms with Crippen molar-refractivity contribution in [3.8, 4) is 0 Å². The van der Waals surface area contributed by atoms with Crippen molar-refractivity contribution in [2.45, 2.75) is 20.3 Å². The number of benzene rings is 1. The molecular weight excluding hydrogens is 218 g/mol. The Morgan fingerprint density at radius 3 is 2.82 bits per heavy atom. The molecule has 17 heavy (non-hydrogen) atoms.